The van der Waals surface area contributed by atoms with Gasteiger partial charge in [-0.3, -0.25) is 4.99 Å². The Morgan fingerprint density at radius 2 is 1.74 bits per heavy atom. The largest absolute Gasteiger partial charge is 0.352 e. The van der Waals surface area contributed by atoms with Crippen LogP contribution < -0.4 is 5.32 Å². The van der Waals surface area contributed by atoms with Crippen molar-refractivity contribution in [2.75, 3.05) is 34.2 Å². The minimum Gasteiger partial charge on any atom is -0.352 e. The molecule has 4 heteroatoms. The third-order valence-corrected chi connectivity index (χ3v) is 4.84. The fourth-order valence-electron chi connectivity index (χ4n) is 3.42. The number of nitrogens with one attached hydrogen (secondary N) is 1. The summed E-state index contributed by atoms with van der Waals surface area (Å²) < 4.78 is 0. The van der Waals surface area contributed by atoms with Crippen molar-refractivity contribution in [3.63, 3.8) is 0 Å². The highest BCUT2D eigenvalue weighted by Crippen LogP contribution is 2.22. The zero-order valence-corrected chi connectivity index (χ0v) is 16.7. The van der Waals surface area contributed by atoms with E-state index in [-0.39, 0.29) is 0 Å². The Kier molecular flexibility index (Phi) is 6.66. The predicted octanol–water partition coefficient (Wildman–Crippen LogP) is 3.61. The Hall–Kier alpha value is -2.59. The lowest BCUT2D eigenvalue weighted by Crippen LogP contribution is -2.43. The minimum absolute atomic E-state index is 0.792. The normalized spacial score (nSPS) is 15.0. The van der Waals surface area contributed by atoms with Gasteiger partial charge in [-0.25, -0.2) is 0 Å². The highest BCUT2D eigenvalue weighted by Gasteiger charge is 2.16. The quantitative estimate of drug-likeness (QED) is 0.651. The van der Waals surface area contributed by atoms with Crippen LogP contribution in [0.15, 0.2) is 65.7 Å². The van der Waals surface area contributed by atoms with Gasteiger partial charge in [0.2, 0.25) is 0 Å². The molecule has 0 fully saturated rings. The summed E-state index contributed by atoms with van der Waals surface area (Å²) in [4.78, 5) is 8.97. The van der Waals surface area contributed by atoms with Gasteiger partial charge >= 0.3 is 0 Å². The average Bonchev–Trinajstić information content (AvgIpc) is 2.70. The van der Waals surface area contributed by atoms with Gasteiger partial charge in [0.05, 0.1) is 0 Å². The number of benzene rings is 2. The molecule has 0 saturated heterocycles. The van der Waals surface area contributed by atoms with Crippen LogP contribution in [0.25, 0.3) is 5.57 Å². The molecule has 3 rings (SSSR count). The summed E-state index contributed by atoms with van der Waals surface area (Å²) in [7, 11) is 6.05. The van der Waals surface area contributed by atoms with Crippen LogP contribution in [0.5, 0.6) is 0 Å². The van der Waals surface area contributed by atoms with Crippen LogP contribution in [-0.2, 0) is 13.1 Å². The fraction of sp³-hybridized carbons (Fsp3) is 0.348. The SMILES string of the molecule is CN=C(NCc1ccc(CN(C)C)cc1)N1CC=C(c2ccccc2)CC1. The van der Waals surface area contributed by atoms with Crippen molar-refractivity contribution in [3.05, 3.63) is 77.4 Å². The second kappa shape index (κ2) is 9.38. The van der Waals surface area contributed by atoms with Crippen molar-refractivity contribution in [3.8, 4) is 0 Å². The first-order valence-corrected chi connectivity index (χ1v) is 9.58. The van der Waals surface area contributed by atoms with Crippen molar-refractivity contribution < 1.29 is 0 Å². The summed E-state index contributed by atoms with van der Waals surface area (Å²) >= 11 is 0. The first-order chi connectivity index (χ1) is 13.2. The summed E-state index contributed by atoms with van der Waals surface area (Å²) in [6.07, 6.45) is 3.37. The maximum Gasteiger partial charge on any atom is 0.194 e. The van der Waals surface area contributed by atoms with Crippen LogP contribution in [0.1, 0.15) is 23.1 Å². The molecule has 0 aromatic heterocycles. The van der Waals surface area contributed by atoms with Gasteiger partial charge in [0.25, 0.3) is 0 Å². The lowest BCUT2D eigenvalue weighted by Gasteiger charge is -2.30. The number of aliphatic imine (C=N–C) groups is 1. The van der Waals surface area contributed by atoms with Crippen LogP contribution in [0.4, 0.5) is 0 Å². The molecule has 0 spiro atoms. The number of nitrogens with zero attached hydrogens (tertiary/aromatic N) is 3. The zero-order valence-electron chi connectivity index (χ0n) is 16.7. The number of rotatable bonds is 5. The molecule has 0 unspecified atom stereocenters. The average molecular weight is 363 g/mol. The molecule has 1 N–H and O–H groups in total. The second-order valence-electron chi connectivity index (χ2n) is 7.25. The molecule has 0 atom stereocenters. The van der Waals surface area contributed by atoms with Gasteiger partial charge in [0, 0.05) is 33.2 Å². The lowest BCUT2D eigenvalue weighted by molar-refractivity contribution is 0.402. The van der Waals surface area contributed by atoms with Gasteiger partial charge in [-0.2, -0.15) is 0 Å². The molecule has 0 radical (unpaired) electrons. The zero-order chi connectivity index (χ0) is 19.1. The van der Waals surface area contributed by atoms with Crippen LogP contribution in [0, 0.1) is 0 Å². The van der Waals surface area contributed by atoms with E-state index in [9.17, 15) is 0 Å². The Balaban J connectivity index is 1.55. The Morgan fingerprint density at radius 3 is 2.33 bits per heavy atom. The van der Waals surface area contributed by atoms with Crippen LogP contribution in [-0.4, -0.2) is 50.0 Å². The molecule has 1 heterocycles. The van der Waals surface area contributed by atoms with Crippen LogP contribution >= 0.6 is 0 Å². The smallest absolute Gasteiger partial charge is 0.194 e. The summed E-state index contributed by atoms with van der Waals surface area (Å²) in [5.74, 6) is 0.968. The molecule has 0 bridgehead atoms. The van der Waals surface area contributed by atoms with Gasteiger partial charge < -0.3 is 15.1 Å². The molecule has 0 saturated carbocycles. The summed E-state index contributed by atoms with van der Waals surface area (Å²) in [6, 6.07) is 19.5. The van der Waals surface area contributed by atoms with Crippen molar-refractivity contribution in [1.82, 2.24) is 15.1 Å². The van der Waals surface area contributed by atoms with Gasteiger partial charge in [-0.05, 0) is 42.8 Å². The summed E-state index contributed by atoms with van der Waals surface area (Å²) in [5, 5.41) is 3.51. The van der Waals surface area contributed by atoms with Crippen LogP contribution in [0.2, 0.25) is 0 Å². The summed E-state index contributed by atoms with van der Waals surface area (Å²) in [6.45, 7) is 3.65. The highest BCUT2D eigenvalue weighted by atomic mass is 15.3. The standard InChI is InChI=1S/C23H30N4/c1-24-23(25-17-19-9-11-20(12-10-19)18-26(2)3)27-15-13-22(14-16-27)21-7-5-4-6-8-21/h4-13H,14-18H2,1-3H3,(H,24,25). The van der Waals surface area contributed by atoms with Crippen molar-refractivity contribution in [1.29, 1.82) is 0 Å². The van der Waals surface area contributed by atoms with E-state index in [2.05, 4.69) is 94.9 Å². The number of guanidine groups is 1. The van der Waals surface area contributed by atoms with Crippen LogP contribution in [0.3, 0.4) is 0 Å². The molecule has 4 nitrogen and oxygen atoms in total. The van der Waals surface area contributed by atoms with E-state index < -0.39 is 0 Å². The van der Waals surface area contributed by atoms with E-state index in [4.69, 9.17) is 0 Å². The van der Waals surface area contributed by atoms with Gasteiger partial charge in [-0.15, -0.1) is 0 Å². The van der Waals surface area contributed by atoms with E-state index in [0.29, 0.717) is 0 Å². The maximum absolute atomic E-state index is 4.48. The molecule has 0 amide bonds. The molecule has 0 aliphatic carbocycles. The Labute approximate surface area is 163 Å². The summed E-state index contributed by atoms with van der Waals surface area (Å²) in [5.41, 5.74) is 5.37. The van der Waals surface area contributed by atoms with E-state index in [1.807, 2.05) is 7.05 Å². The molecule has 2 aromatic carbocycles. The van der Waals surface area contributed by atoms with Crippen molar-refractivity contribution >= 4 is 11.5 Å². The number of hydrogen-bond donors (Lipinski definition) is 1. The molecular weight excluding hydrogens is 332 g/mol. The Morgan fingerprint density at radius 1 is 1.04 bits per heavy atom. The third kappa shape index (κ3) is 5.44. The lowest BCUT2D eigenvalue weighted by atomic mass is 10.00. The first kappa shape index (κ1) is 19.2. The molecular formula is C23H30N4. The van der Waals surface area contributed by atoms with E-state index >= 15 is 0 Å². The highest BCUT2D eigenvalue weighted by molar-refractivity contribution is 5.81. The van der Waals surface area contributed by atoms with Crippen molar-refractivity contribution in [2.45, 2.75) is 19.5 Å². The second-order valence-corrected chi connectivity index (χ2v) is 7.25. The van der Waals surface area contributed by atoms with Gasteiger partial charge in [0.1, 0.15) is 0 Å². The van der Waals surface area contributed by atoms with Gasteiger partial charge in [-0.1, -0.05) is 60.7 Å². The monoisotopic (exact) mass is 362 g/mol. The van der Waals surface area contributed by atoms with E-state index in [1.165, 1.54) is 22.3 Å². The van der Waals surface area contributed by atoms with Crippen molar-refractivity contribution in [2.24, 2.45) is 4.99 Å². The molecule has 27 heavy (non-hydrogen) atoms. The third-order valence-electron chi connectivity index (χ3n) is 4.84. The van der Waals surface area contributed by atoms with E-state index in [0.717, 1.165) is 38.6 Å². The molecule has 142 valence electrons. The molecule has 1 aliphatic heterocycles. The fourth-order valence-corrected chi connectivity index (χ4v) is 3.42. The molecule has 1 aliphatic rings. The van der Waals surface area contributed by atoms with E-state index in [1.54, 1.807) is 0 Å². The maximum atomic E-state index is 4.48. The predicted molar refractivity (Wildman–Crippen MR) is 115 cm³/mol. The molecule has 2 aromatic rings. The first-order valence-electron chi connectivity index (χ1n) is 9.58. The minimum atomic E-state index is 0.792. The number of hydrogen-bond acceptors (Lipinski definition) is 2. The van der Waals surface area contributed by atoms with Gasteiger partial charge in [0.15, 0.2) is 5.96 Å². The Bertz CT molecular complexity index is 776. The topological polar surface area (TPSA) is 30.9 Å².